The summed E-state index contributed by atoms with van der Waals surface area (Å²) in [6.45, 7) is 9.44. The Kier molecular flexibility index (Phi) is 8.58. The highest BCUT2D eigenvalue weighted by Gasteiger charge is 2.02. The fourth-order valence-corrected chi connectivity index (χ4v) is 2.46. The summed E-state index contributed by atoms with van der Waals surface area (Å²) in [5.41, 5.74) is 1.28. The van der Waals surface area contributed by atoms with E-state index < -0.39 is 0 Å². The average Bonchev–Trinajstić information content (AvgIpc) is 3.14. The Morgan fingerprint density at radius 3 is 2.82 bits per heavy atom. The summed E-state index contributed by atoms with van der Waals surface area (Å²) in [5, 5.41) is 0. The minimum absolute atomic E-state index is 0.0470. The molecule has 0 aliphatic rings. The van der Waals surface area contributed by atoms with Gasteiger partial charge in [-0.1, -0.05) is 36.1 Å². The molecule has 1 aromatic heterocycles. The third kappa shape index (κ3) is 9.25. The van der Waals surface area contributed by atoms with Crippen molar-refractivity contribution in [2.24, 2.45) is 5.41 Å². The molecule has 4 heteroatoms. The second-order valence-electron chi connectivity index (χ2n) is 7.81. The zero-order valence-corrected chi connectivity index (χ0v) is 17.4. The van der Waals surface area contributed by atoms with Crippen LogP contribution in [0.5, 0.6) is 5.75 Å². The normalized spacial score (nSPS) is 11.9. The van der Waals surface area contributed by atoms with Crippen molar-refractivity contribution < 1.29 is 4.74 Å². The van der Waals surface area contributed by atoms with Crippen molar-refractivity contribution in [1.29, 1.82) is 0 Å². The van der Waals surface area contributed by atoms with Gasteiger partial charge in [-0.2, -0.15) is 0 Å². The van der Waals surface area contributed by atoms with Crippen LogP contribution in [0, 0.1) is 17.3 Å². The molecular weight excluding hydrogens is 346 g/mol. The molecule has 0 atom stereocenters. The first-order chi connectivity index (χ1) is 13.4. The summed E-state index contributed by atoms with van der Waals surface area (Å²) < 4.78 is 7.84. The largest absolute Gasteiger partial charge is 0.490 e. The molecular formula is C24H31N3O. The smallest absolute Gasteiger partial charge is 0.120 e. The average molecular weight is 378 g/mol. The van der Waals surface area contributed by atoms with Crippen molar-refractivity contribution in [1.82, 2.24) is 14.5 Å². The van der Waals surface area contributed by atoms with Crippen LogP contribution < -0.4 is 4.74 Å². The van der Waals surface area contributed by atoms with Gasteiger partial charge < -0.3 is 9.30 Å². The van der Waals surface area contributed by atoms with Gasteiger partial charge in [0.2, 0.25) is 0 Å². The molecule has 0 unspecified atom stereocenters. The van der Waals surface area contributed by atoms with Crippen LogP contribution >= 0.6 is 0 Å². The third-order valence-corrected chi connectivity index (χ3v) is 3.80. The van der Waals surface area contributed by atoms with Gasteiger partial charge in [0.1, 0.15) is 12.4 Å². The molecule has 28 heavy (non-hydrogen) atoms. The molecule has 0 radical (unpaired) electrons. The maximum atomic E-state index is 5.83. The zero-order chi connectivity index (χ0) is 20.2. The van der Waals surface area contributed by atoms with Gasteiger partial charge in [-0.05, 0) is 57.7 Å². The number of benzene rings is 1. The fraction of sp³-hybridized carbons (Fsp3) is 0.375. The first-order valence-electron chi connectivity index (χ1n) is 9.61. The number of aromatic nitrogens is 2. The molecule has 0 aliphatic carbocycles. The van der Waals surface area contributed by atoms with Gasteiger partial charge >= 0.3 is 0 Å². The van der Waals surface area contributed by atoms with Gasteiger partial charge in [0.05, 0.1) is 6.33 Å². The van der Waals surface area contributed by atoms with Gasteiger partial charge in [0.25, 0.3) is 0 Å². The van der Waals surface area contributed by atoms with Crippen LogP contribution in [0.2, 0.25) is 0 Å². The molecule has 2 rings (SSSR count). The maximum Gasteiger partial charge on any atom is 0.120 e. The van der Waals surface area contributed by atoms with Gasteiger partial charge in [0.15, 0.2) is 0 Å². The van der Waals surface area contributed by atoms with E-state index >= 15 is 0 Å². The lowest BCUT2D eigenvalue weighted by Gasteiger charge is -2.15. The Morgan fingerprint density at radius 1 is 1.21 bits per heavy atom. The molecule has 0 bridgehead atoms. The van der Waals surface area contributed by atoms with E-state index in [9.17, 15) is 0 Å². The number of imidazole rings is 1. The lowest BCUT2D eigenvalue weighted by molar-refractivity contribution is 0.352. The summed E-state index contributed by atoms with van der Waals surface area (Å²) in [7, 11) is 2.11. The summed E-state index contributed by atoms with van der Waals surface area (Å²) in [6, 6.07) is 8.26. The van der Waals surface area contributed by atoms with E-state index in [0.717, 1.165) is 25.4 Å². The van der Waals surface area contributed by atoms with E-state index in [1.165, 1.54) is 5.56 Å². The molecule has 0 amide bonds. The number of likely N-dealkylation sites (N-methyl/N-ethyl adjacent to an activating group) is 1. The van der Waals surface area contributed by atoms with Crippen LogP contribution in [-0.2, 0) is 13.1 Å². The third-order valence-electron chi connectivity index (χ3n) is 3.80. The highest BCUT2D eigenvalue weighted by molar-refractivity contribution is 5.28. The quantitative estimate of drug-likeness (QED) is 0.474. The van der Waals surface area contributed by atoms with Crippen molar-refractivity contribution in [2.75, 3.05) is 20.2 Å². The van der Waals surface area contributed by atoms with E-state index in [0.29, 0.717) is 6.61 Å². The van der Waals surface area contributed by atoms with Crippen molar-refractivity contribution in [3.05, 3.63) is 72.9 Å². The maximum absolute atomic E-state index is 5.83. The first-order valence-corrected chi connectivity index (χ1v) is 9.61. The van der Waals surface area contributed by atoms with Gasteiger partial charge in [0, 0.05) is 37.4 Å². The SMILES string of the molecule is CN(CC=CC#CC(C)(C)C)Cc1cccc(OCC=CCn2ccnc2)c1. The van der Waals surface area contributed by atoms with Crippen LogP contribution in [0.3, 0.4) is 0 Å². The fourth-order valence-electron chi connectivity index (χ4n) is 2.46. The molecule has 2 aromatic rings. The Hall–Kier alpha value is -2.77. The zero-order valence-electron chi connectivity index (χ0n) is 17.4. The van der Waals surface area contributed by atoms with Crippen LogP contribution in [0.1, 0.15) is 26.3 Å². The minimum atomic E-state index is 0.0470. The first kappa shape index (κ1) is 21.5. The Bertz CT molecular complexity index is 818. The van der Waals surface area contributed by atoms with E-state index in [4.69, 9.17) is 4.74 Å². The van der Waals surface area contributed by atoms with E-state index in [1.54, 1.807) is 12.5 Å². The van der Waals surface area contributed by atoms with Crippen molar-refractivity contribution in [3.8, 4) is 17.6 Å². The highest BCUT2D eigenvalue weighted by Crippen LogP contribution is 2.14. The number of hydrogen-bond acceptors (Lipinski definition) is 3. The van der Waals surface area contributed by atoms with Gasteiger partial charge in [-0.25, -0.2) is 4.98 Å². The van der Waals surface area contributed by atoms with Crippen molar-refractivity contribution >= 4 is 0 Å². The van der Waals surface area contributed by atoms with Gasteiger partial charge in [-0.3, -0.25) is 4.90 Å². The Morgan fingerprint density at radius 2 is 2.07 bits per heavy atom. The molecule has 1 aromatic carbocycles. The predicted octanol–water partition coefficient (Wildman–Crippen LogP) is 4.56. The lowest BCUT2D eigenvalue weighted by atomic mass is 9.98. The summed E-state index contributed by atoms with van der Waals surface area (Å²) in [6.07, 6.45) is 13.7. The van der Waals surface area contributed by atoms with Crippen LogP contribution in [0.4, 0.5) is 0 Å². The number of hydrogen-bond donors (Lipinski definition) is 0. The Balaban J connectivity index is 1.74. The topological polar surface area (TPSA) is 30.3 Å². The molecule has 4 nitrogen and oxygen atoms in total. The van der Waals surface area contributed by atoms with Crippen molar-refractivity contribution in [2.45, 2.75) is 33.9 Å². The number of nitrogens with zero attached hydrogens (tertiary/aromatic N) is 3. The Labute approximate surface area is 169 Å². The number of allylic oxidation sites excluding steroid dienone is 2. The van der Waals surface area contributed by atoms with Gasteiger partial charge in [-0.15, -0.1) is 0 Å². The van der Waals surface area contributed by atoms with Crippen LogP contribution in [-0.4, -0.2) is 34.7 Å². The van der Waals surface area contributed by atoms with Crippen LogP contribution in [0.25, 0.3) is 0 Å². The molecule has 1 heterocycles. The minimum Gasteiger partial charge on any atom is -0.490 e. The summed E-state index contributed by atoms with van der Waals surface area (Å²) in [5.74, 6) is 7.21. The molecule has 0 N–H and O–H groups in total. The van der Waals surface area contributed by atoms with E-state index in [1.807, 2.05) is 35.0 Å². The number of rotatable bonds is 9. The molecule has 0 saturated heterocycles. The second kappa shape index (κ2) is 11.2. The number of ether oxygens (including phenoxy) is 1. The monoisotopic (exact) mass is 377 g/mol. The molecule has 0 saturated carbocycles. The highest BCUT2D eigenvalue weighted by atomic mass is 16.5. The molecule has 0 spiro atoms. The lowest BCUT2D eigenvalue weighted by Crippen LogP contribution is -2.17. The van der Waals surface area contributed by atoms with Crippen molar-refractivity contribution in [3.63, 3.8) is 0 Å². The standard InChI is InChI=1S/C24H31N3O/c1-24(2,3)13-6-5-7-15-26(4)20-22-11-10-12-23(19-22)28-18-9-8-16-27-17-14-25-21-27/h5,7-12,14,17,19,21H,15-16,18,20H2,1-4H3. The predicted molar refractivity (Wildman–Crippen MR) is 116 cm³/mol. The second-order valence-corrected chi connectivity index (χ2v) is 7.81. The molecule has 148 valence electrons. The van der Waals surface area contributed by atoms with Crippen LogP contribution in [0.15, 0.2) is 67.3 Å². The molecule has 0 aliphatic heterocycles. The summed E-state index contributed by atoms with van der Waals surface area (Å²) in [4.78, 5) is 6.27. The van der Waals surface area contributed by atoms with E-state index in [2.05, 4.69) is 73.8 Å². The summed E-state index contributed by atoms with van der Waals surface area (Å²) >= 11 is 0. The van der Waals surface area contributed by atoms with E-state index in [-0.39, 0.29) is 5.41 Å². The molecule has 0 fully saturated rings.